The summed E-state index contributed by atoms with van der Waals surface area (Å²) in [5.74, 6) is 0.908. The molecule has 7 heteroatoms. The molecule has 162 valence electrons. The third-order valence-corrected chi connectivity index (χ3v) is 6.41. The van der Waals surface area contributed by atoms with Crippen LogP contribution in [-0.2, 0) is 4.79 Å². The van der Waals surface area contributed by atoms with E-state index in [1.54, 1.807) is 12.1 Å². The van der Waals surface area contributed by atoms with Crippen LogP contribution in [0, 0.1) is 18.7 Å². The molecule has 5 rings (SSSR count). The number of nitrogens with zero attached hydrogens (tertiary/aromatic N) is 1. The molecule has 0 unspecified atom stereocenters. The van der Waals surface area contributed by atoms with Gasteiger partial charge in [0.2, 0.25) is 5.91 Å². The number of aryl methyl sites for hydroxylation is 1. The number of thiazole rings is 1. The topological polar surface area (TPSA) is 60.5 Å². The molecule has 32 heavy (non-hydrogen) atoms. The highest BCUT2D eigenvalue weighted by atomic mass is 32.1. The van der Waals surface area contributed by atoms with Gasteiger partial charge in [-0.25, -0.2) is 9.37 Å². The second-order valence-electron chi connectivity index (χ2n) is 7.88. The van der Waals surface area contributed by atoms with Crippen LogP contribution in [0.5, 0.6) is 16.7 Å². The first kappa shape index (κ1) is 20.5. The summed E-state index contributed by atoms with van der Waals surface area (Å²) in [6.07, 6.45) is 1.25. The lowest BCUT2D eigenvalue weighted by molar-refractivity contribution is -0.125. The Hall–Kier alpha value is -3.45. The van der Waals surface area contributed by atoms with Crippen LogP contribution in [0.2, 0.25) is 0 Å². The monoisotopic (exact) mass is 448 g/mol. The van der Waals surface area contributed by atoms with Crippen molar-refractivity contribution < 1.29 is 18.7 Å². The van der Waals surface area contributed by atoms with E-state index < -0.39 is 0 Å². The zero-order valence-corrected chi connectivity index (χ0v) is 18.2. The molecular formula is C25H21FN2O3S. The van der Waals surface area contributed by atoms with Crippen molar-refractivity contribution in [3.8, 4) is 16.7 Å². The maximum Gasteiger partial charge on any atom is 0.279 e. The molecule has 1 saturated carbocycles. The first-order valence-electron chi connectivity index (χ1n) is 10.4. The minimum absolute atomic E-state index is 0.0248. The first-order chi connectivity index (χ1) is 15.5. The Morgan fingerprint density at radius 1 is 1.09 bits per heavy atom. The second kappa shape index (κ2) is 8.59. The van der Waals surface area contributed by atoms with Gasteiger partial charge in [0, 0.05) is 11.6 Å². The van der Waals surface area contributed by atoms with Gasteiger partial charge in [-0.3, -0.25) is 4.79 Å². The summed E-state index contributed by atoms with van der Waals surface area (Å²) in [7, 11) is 0. The van der Waals surface area contributed by atoms with Crippen LogP contribution < -0.4 is 14.8 Å². The van der Waals surface area contributed by atoms with E-state index in [1.165, 1.54) is 23.5 Å². The molecule has 0 aliphatic heterocycles. The minimum atomic E-state index is -0.296. The lowest BCUT2D eigenvalue weighted by Gasteiger charge is -2.34. The maximum atomic E-state index is 13.0. The van der Waals surface area contributed by atoms with Crippen molar-refractivity contribution in [1.82, 2.24) is 4.98 Å². The van der Waals surface area contributed by atoms with Gasteiger partial charge in [0.15, 0.2) is 0 Å². The number of ether oxygens (including phenoxy) is 2. The summed E-state index contributed by atoms with van der Waals surface area (Å²) >= 11 is 1.50. The summed E-state index contributed by atoms with van der Waals surface area (Å²) in [6, 6.07) is 19.4. The Labute approximate surface area is 188 Å². The third-order valence-electron chi connectivity index (χ3n) is 5.50. The molecule has 0 bridgehead atoms. The van der Waals surface area contributed by atoms with Crippen LogP contribution in [0.3, 0.4) is 0 Å². The lowest BCUT2D eigenvalue weighted by Crippen LogP contribution is -2.40. The Balaban J connectivity index is 1.16. The number of carbonyl (C=O) groups is 1. The lowest BCUT2D eigenvalue weighted by atomic mass is 9.81. The number of fused-ring (bicyclic) bond motifs is 1. The number of anilines is 1. The first-order valence-corrected chi connectivity index (χ1v) is 11.2. The highest BCUT2D eigenvalue weighted by Gasteiger charge is 2.36. The van der Waals surface area contributed by atoms with Crippen molar-refractivity contribution in [3.05, 3.63) is 78.1 Å². The Morgan fingerprint density at radius 3 is 2.62 bits per heavy atom. The summed E-state index contributed by atoms with van der Waals surface area (Å²) in [4.78, 5) is 17.1. The molecule has 1 aliphatic rings. The van der Waals surface area contributed by atoms with Gasteiger partial charge in [0.25, 0.3) is 5.19 Å². The number of rotatable bonds is 6. The molecule has 1 heterocycles. The molecule has 4 aromatic rings. The van der Waals surface area contributed by atoms with Crippen LogP contribution >= 0.6 is 11.3 Å². The number of aromatic nitrogens is 1. The minimum Gasteiger partial charge on any atom is -0.490 e. The van der Waals surface area contributed by atoms with E-state index in [1.807, 2.05) is 49.4 Å². The van der Waals surface area contributed by atoms with E-state index in [9.17, 15) is 9.18 Å². The molecule has 1 N–H and O–H groups in total. The standard InChI is InChI=1S/C25H21FN2O3S/c1-15-12-18(8-11-22(15)31-25-28-21-4-2-3-5-23(21)32-25)27-24(29)16-13-20(14-16)30-19-9-6-17(26)7-10-19/h2-12,16,20H,13-14H2,1H3,(H,27,29). The van der Waals surface area contributed by atoms with Crippen molar-refractivity contribution in [2.24, 2.45) is 5.92 Å². The van der Waals surface area contributed by atoms with Crippen LogP contribution in [0.15, 0.2) is 66.7 Å². The third kappa shape index (κ3) is 4.43. The molecule has 1 aromatic heterocycles. The van der Waals surface area contributed by atoms with Crippen molar-refractivity contribution in [3.63, 3.8) is 0 Å². The Bertz CT molecular complexity index is 1230. The summed E-state index contributed by atoms with van der Waals surface area (Å²) < 4.78 is 25.8. The van der Waals surface area contributed by atoms with Gasteiger partial charge in [-0.05, 0) is 79.9 Å². The van der Waals surface area contributed by atoms with E-state index in [2.05, 4.69) is 10.3 Å². The molecule has 3 aromatic carbocycles. The largest absolute Gasteiger partial charge is 0.490 e. The van der Waals surface area contributed by atoms with E-state index in [0.29, 0.717) is 29.5 Å². The Kier molecular flexibility index (Phi) is 5.49. The number of carbonyl (C=O) groups excluding carboxylic acids is 1. The van der Waals surface area contributed by atoms with Gasteiger partial charge < -0.3 is 14.8 Å². The van der Waals surface area contributed by atoms with Crippen LogP contribution in [0.4, 0.5) is 10.1 Å². The van der Waals surface area contributed by atoms with Crippen LogP contribution in [0.25, 0.3) is 10.2 Å². The fourth-order valence-electron chi connectivity index (χ4n) is 3.66. The number of amides is 1. The number of halogens is 1. The van der Waals surface area contributed by atoms with Gasteiger partial charge in [0.05, 0.1) is 10.2 Å². The van der Waals surface area contributed by atoms with Crippen molar-refractivity contribution in [2.45, 2.75) is 25.9 Å². The number of hydrogen-bond donors (Lipinski definition) is 1. The van der Waals surface area contributed by atoms with Crippen molar-refractivity contribution in [2.75, 3.05) is 5.32 Å². The van der Waals surface area contributed by atoms with Gasteiger partial charge >= 0.3 is 0 Å². The highest BCUT2D eigenvalue weighted by Crippen LogP contribution is 2.35. The second-order valence-corrected chi connectivity index (χ2v) is 8.87. The van der Waals surface area contributed by atoms with Gasteiger partial charge in [-0.15, -0.1) is 0 Å². The molecule has 5 nitrogen and oxygen atoms in total. The molecule has 0 spiro atoms. The smallest absolute Gasteiger partial charge is 0.279 e. The molecule has 1 aliphatic carbocycles. The van der Waals surface area contributed by atoms with E-state index in [0.717, 1.165) is 21.5 Å². The molecule has 0 radical (unpaired) electrons. The van der Waals surface area contributed by atoms with Crippen LogP contribution in [0.1, 0.15) is 18.4 Å². The zero-order chi connectivity index (χ0) is 22.1. The quantitative estimate of drug-likeness (QED) is 0.374. The van der Waals surface area contributed by atoms with E-state index >= 15 is 0 Å². The molecule has 1 amide bonds. The van der Waals surface area contributed by atoms with Crippen molar-refractivity contribution in [1.29, 1.82) is 0 Å². The predicted octanol–water partition coefficient (Wildman–Crippen LogP) is 6.33. The number of nitrogens with one attached hydrogen (secondary N) is 1. The zero-order valence-electron chi connectivity index (χ0n) is 17.4. The maximum absolute atomic E-state index is 13.0. The fraction of sp³-hybridized carbons (Fsp3) is 0.200. The summed E-state index contributed by atoms with van der Waals surface area (Å²) in [5, 5.41) is 3.57. The van der Waals surface area contributed by atoms with Gasteiger partial charge in [-0.2, -0.15) is 0 Å². The average molecular weight is 449 g/mol. The average Bonchev–Trinajstić information content (AvgIpc) is 3.16. The van der Waals surface area contributed by atoms with E-state index in [4.69, 9.17) is 9.47 Å². The summed E-state index contributed by atoms with van der Waals surface area (Å²) in [6.45, 7) is 1.94. The van der Waals surface area contributed by atoms with Crippen LogP contribution in [-0.4, -0.2) is 17.0 Å². The molecular weight excluding hydrogens is 427 g/mol. The SMILES string of the molecule is Cc1cc(NC(=O)C2CC(Oc3ccc(F)cc3)C2)ccc1Oc1nc2ccccc2s1. The molecule has 0 saturated heterocycles. The fourth-order valence-corrected chi connectivity index (χ4v) is 4.48. The predicted molar refractivity (Wildman–Crippen MR) is 123 cm³/mol. The number of benzene rings is 3. The van der Waals surface area contributed by atoms with E-state index in [-0.39, 0.29) is 23.7 Å². The van der Waals surface area contributed by atoms with Gasteiger partial charge in [0.1, 0.15) is 23.4 Å². The molecule has 0 atom stereocenters. The normalized spacial score (nSPS) is 17.6. The Morgan fingerprint density at radius 2 is 1.88 bits per heavy atom. The number of hydrogen-bond acceptors (Lipinski definition) is 5. The van der Waals surface area contributed by atoms with Gasteiger partial charge in [-0.1, -0.05) is 23.5 Å². The highest BCUT2D eigenvalue weighted by molar-refractivity contribution is 7.20. The summed E-state index contributed by atoms with van der Waals surface area (Å²) in [5.41, 5.74) is 2.55. The number of para-hydroxylation sites is 1. The molecule has 1 fully saturated rings. The van der Waals surface area contributed by atoms with Crippen molar-refractivity contribution >= 4 is 33.1 Å².